The van der Waals surface area contributed by atoms with Crippen LogP contribution in [0.25, 0.3) is 17.1 Å². The predicted octanol–water partition coefficient (Wildman–Crippen LogP) is 1.96. The molecule has 33 heavy (non-hydrogen) atoms. The number of halogens is 3. The Balaban J connectivity index is 1.52. The van der Waals surface area contributed by atoms with Gasteiger partial charge in [-0.05, 0) is 25.1 Å². The maximum absolute atomic E-state index is 13.0. The van der Waals surface area contributed by atoms with Crippen molar-refractivity contribution in [3.63, 3.8) is 0 Å². The van der Waals surface area contributed by atoms with Crippen molar-refractivity contribution < 1.29 is 32.2 Å². The normalized spacial score (nSPS) is 19.4. The quantitative estimate of drug-likeness (QED) is 0.380. The third kappa shape index (κ3) is 5.17. The monoisotopic (exact) mass is 465 g/mol. The summed E-state index contributed by atoms with van der Waals surface area (Å²) in [6.07, 6.45) is 0.520. The molecule has 2 N–H and O–H groups in total. The van der Waals surface area contributed by atoms with Crippen LogP contribution in [0.5, 0.6) is 0 Å². The molecule has 0 spiro atoms. The maximum atomic E-state index is 13.0. The molecule has 1 saturated heterocycles. The first kappa shape index (κ1) is 22.8. The summed E-state index contributed by atoms with van der Waals surface area (Å²) in [6, 6.07) is 3.58. The molecule has 2 aromatic rings. The SMILES string of the molecule is CCOC(=O)C1=C(NN2CCN(CC(F)(F)F)CC2)O/C(=C\c2c[nH]c3ncccc23)C1=O. The van der Waals surface area contributed by atoms with Crippen molar-refractivity contribution in [2.75, 3.05) is 39.3 Å². The van der Waals surface area contributed by atoms with E-state index in [0.29, 0.717) is 11.2 Å². The van der Waals surface area contributed by atoms with E-state index in [1.807, 2.05) is 6.07 Å². The molecule has 0 amide bonds. The number of pyridine rings is 1. The molecule has 0 aliphatic carbocycles. The fourth-order valence-corrected chi connectivity index (χ4v) is 3.65. The van der Waals surface area contributed by atoms with Crippen molar-refractivity contribution in [2.24, 2.45) is 0 Å². The maximum Gasteiger partial charge on any atom is 0.401 e. The zero-order valence-corrected chi connectivity index (χ0v) is 17.7. The van der Waals surface area contributed by atoms with Crippen molar-refractivity contribution in [3.8, 4) is 0 Å². The van der Waals surface area contributed by atoms with E-state index in [1.54, 1.807) is 30.4 Å². The fourth-order valence-electron chi connectivity index (χ4n) is 3.65. The van der Waals surface area contributed by atoms with Gasteiger partial charge in [0, 0.05) is 49.5 Å². The van der Waals surface area contributed by atoms with Crippen molar-refractivity contribution >= 4 is 28.9 Å². The minimum absolute atomic E-state index is 0.0617. The minimum Gasteiger partial charge on any atom is -0.462 e. The van der Waals surface area contributed by atoms with Gasteiger partial charge in [-0.1, -0.05) is 0 Å². The molecular formula is C21H22F3N5O4. The van der Waals surface area contributed by atoms with Crippen molar-refractivity contribution in [1.82, 2.24) is 25.3 Å². The lowest BCUT2D eigenvalue weighted by Crippen LogP contribution is -2.53. The number of alkyl halides is 3. The van der Waals surface area contributed by atoms with Gasteiger partial charge in [0.25, 0.3) is 0 Å². The summed E-state index contributed by atoms with van der Waals surface area (Å²) in [5.41, 5.74) is 3.85. The number of ketones is 1. The van der Waals surface area contributed by atoms with Crippen LogP contribution in [0.15, 0.2) is 41.7 Å². The van der Waals surface area contributed by atoms with Gasteiger partial charge in [0.2, 0.25) is 11.7 Å². The van der Waals surface area contributed by atoms with Crippen molar-refractivity contribution in [3.05, 3.63) is 47.3 Å². The molecule has 4 heterocycles. The molecular weight excluding hydrogens is 443 g/mol. The Hall–Kier alpha value is -3.38. The molecule has 0 unspecified atom stereocenters. The van der Waals surface area contributed by atoms with Crippen LogP contribution in [0.2, 0.25) is 0 Å². The molecule has 2 aromatic heterocycles. The molecule has 176 valence electrons. The number of carbonyl (C=O) groups is 2. The number of rotatable bonds is 6. The number of carbonyl (C=O) groups excluding carboxylic acids is 2. The summed E-state index contributed by atoms with van der Waals surface area (Å²) in [5, 5.41) is 2.37. The minimum atomic E-state index is -4.27. The molecule has 2 aliphatic rings. The first-order valence-corrected chi connectivity index (χ1v) is 10.3. The van der Waals surface area contributed by atoms with Gasteiger partial charge in [0.05, 0.1) is 13.2 Å². The molecule has 0 bridgehead atoms. The van der Waals surface area contributed by atoms with Crippen LogP contribution in [-0.4, -0.2) is 77.1 Å². The van der Waals surface area contributed by atoms with Gasteiger partial charge in [0.1, 0.15) is 5.65 Å². The highest BCUT2D eigenvalue weighted by atomic mass is 19.4. The number of aromatic nitrogens is 2. The van der Waals surface area contributed by atoms with Gasteiger partial charge in [-0.15, -0.1) is 0 Å². The number of ether oxygens (including phenoxy) is 2. The molecule has 0 atom stereocenters. The van der Waals surface area contributed by atoms with Crippen LogP contribution >= 0.6 is 0 Å². The van der Waals surface area contributed by atoms with E-state index in [0.717, 1.165) is 5.39 Å². The van der Waals surface area contributed by atoms with Gasteiger partial charge in [-0.3, -0.25) is 15.1 Å². The first-order chi connectivity index (χ1) is 15.7. The Morgan fingerprint density at radius 2 is 2.09 bits per heavy atom. The number of hydrogen-bond donors (Lipinski definition) is 2. The van der Waals surface area contributed by atoms with E-state index < -0.39 is 24.5 Å². The summed E-state index contributed by atoms with van der Waals surface area (Å²) >= 11 is 0. The predicted molar refractivity (Wildman–Crippen MR) is 111 cm³/mol. The number of nitrogens with one attached hydrogen (secondary N) is 2. The summed E-state index contributed by atoms with van der Waals surface area (Å²) in [6.45, 7) is 1.48. The van der Waals surface area contributed by atoms with Gasteiger partial charge in [-0.25, -0.2) is 14.8 Å². The first-order valence-electron chi connectivity index (χ1n) is 10.3. The number of fused-ring (bicyclic) bond motifs is 1. The molecule has 4 rings (SSSR count). The second-order valence-electron chi connectivity index (χ2n) is 7.50. The van der Waals surface area contributed by atoms with Gasteiger partial charge >= 0.3 is 12.1 Å². The summed E-state index contributed by atoms with van der Waals surface area (Å²) in [4.78, 5) is 33.9. The van der Waals surface area contributed by atoms with Gasteiger partial charge < -0.3 is 14.5 Å². The number of hydrogen-bond acceptors (Lipinski definition) is 8. The average Bonchev–Trinajstić information content (AvgIpc) is 3.30. The zero-order chi connectivity index (χ0) is 23.6. The largest absolute Gasteiger partial charge is 0.462 e. The number of H-pyrrole nitrogens is 1. The number of hydrazine groups is 1. The topological polar surface area (TPSA) is 99.8 Å². The number of piperazine rings is 1. The second-order valence-corrected chi connectivity index (χ2v) is 7.50. The third-order valence-electron chi connectivity index (χ3n) is 5.17. The molecule has 2 aliphatic heterocycles. The standard InChI is InChI=1S/C21H22F3N5O4/c1-2-32-20(31)16-17(30)15(10-13-11-26-18-14(13)4-3-5-25-18)33-19(16)27-29-8-6-28(7-9-29)12-21(22,23)24/h3-5,10-11,27H,2,6-9,12H2,1H3,(H,25,26)/b15-10-. The second kappa shape index (κ2) is 9.24. The van der Waals surface area contributed by atoms with Crippen LogP contribution in [0.1, 0.15) is 12.5 Å². The lowest BCUT2D eigenvalue weighted by Gasteiger charge is -2.35. The fraction of sp³-hybridized carbons (Fsp3) is 0.381. The smallest absolute Gasteiger partial charge is 0.401 e. The number of allylic oxidation sites excluding steroid dienone is 1. The Morgan fingerprint density at radius 1 is 1.33 bits per heavy atom. The third-order valence-corrected chi connectivity index (χ3v) is 5.17. The van der Waals surface area contributed by atoms with Crippen molar-refractivity contribution in [2.45, 2.75) is 13.1 Å². The molecule has 9 nitrogen and oxygen atoms in total. The summed E-state index contributed by atoms with van der Waals surface area (Å²) in [7, 11) is 0. The summed E-state index contributed by atoms with van der Waals surface area (Å²) < 4.78 is 48.6. The van der Waals surface area contributed by atoms with Gasteiger partial charge in [-0.2, -0.15) is 13.2 Å². The lowest BCUT2D eigenvalue weighted by atomic mass is 10.1. The number of esters is 1. The van der Waals surface area contributed by atoms with E-state index in [9.17, 15) is 22.8 Å². The van der Waals surface area contributed by atoms with Crippen LogP contribution in [0, 0.1) is 0 Å². The highest BCUT2D eigenvalue weighted by Gasteiger charge is 2.38. The number of nitrogens with zero attached hydrogens (tertiary/aromatic N) is 3. The van der Waals surface area contributed by atoms with Crippen LogP contribution < -0.4 is 5.43 Å². The van der Waals surface area contributed by atoms with Crippen LogP contribution in [0.3, 0.4) is 0 Å². The van der Waals surface area contributed by atoms with E-state index in [-0.39, 0.29) is 50.0 Å². The van der Waals surface area contributed by atoms with Crippen LogP contribution in [-0.2, 0) is 19.1 Å². The highest BCUT2D eigenvalue weighted by molar-refractivity contribution is 6.26. The van der Waals surface area contributed by atoms with Gasteiger partial charge in [0.15, 0.2) is 11.3 Å². The van der Waals surface area contributed by atoms with Crippen molar-refractivity contribution in [1.29, 1.82) is 0 Å². The molecule has 12 heteroatoms. The summed E-state index contributed by atoms with van der Waals surface area (Å²) in [5.74, 6) is -1.68. The Morgan fingerprint density at radius 3 is 2.79 bits per heavy atom. The Bertz CT molecular complexity index is 1120. The Labute approximate surface area is 186 Å². The number of Topliss-reactive ketones (excluding diaryl/α,β-unsaturated/α-hetero) is 1. The van der Waals surface area contributed by atoms with E-state index in [1.165, 1.54) is 11.0 Å². The molecule has 0 radical (unpaired) electrons. The molecule has 1 fully saturated rings. The van der Waals surface area contributed by atoms with E-state index in [2.05, 4.69) is 15.4 Å². The average molecular weight is 465 g/mol. The lowest BCUT2D eigenvalue weighted by molar-refractivity contribution is -0.150. The zero-order valence-electron chi connectivity index (χ0n) is 17.7. The number of aromatic amines is 1. The molecule has 0 aromatic carbocycles. The Kier molecular flexibility index (Phi) is 6.38. The molecule has 0 saturated carbocycles. The highest BCUT2D eigenvalue weighted by Crippen LogP contribution is 2.28. The van der Waals surface area contributed by atoms with E-state index in [4.69, 9.17) is 9.47 Å². The van der Waals surface area contributed by atoms with E-state index >= 15 is 0 Å². The van der Waals surface area contributed by atoms with Crippen LogP contribution in [0.4, 0.5) is 13.2 Å².